The average molecular weight is 808 g/mol. The number of hydrogen-bond acceptors (Lipinski definition) is 8. The maximum Gasteiger partial charge on any atom is 0.220 e. The Morgan fingerprint density at radius 3 is 1.60 bits per heavy atom. The van der Waals surface area contributed by atoms with E-state index in [1.165, 1.54) is 135 Å². The van der Waals surface area contributed by atoms with Crippen LogP contribution in [0.5, 0.6) is 0 Å². The smallest absolute Gasteiger partial charge is 0.220 e. The van der Waals surface area contributed by atoms with Gasteiger partial charge in [-0.15, -0.1) is 0 Å². The molecule has 1 aliphatic heterocycles. The lowest BCUT2D eigenvalue weighted by atomic mass is 9.99. The molecule has 1 rings (SSSR count). The first-order valence-electron chi connectivity index (χ1n) is 23.7. The molecule has 1 saturated heterocycles. The van der Waals surface area contributed by atoms with Crippen LogP contribution in [0.4, 0.5) is 0 Å². The molecule has 7 atom stereocenters. The fourth-order valence-electron chi connectivity index (χ4n) is 7.43. The summed E-state index contributed by atoms with van der Waals surface area (Å²) in [6, 6.07) is -0.802. The molecular formula is C48H89NO8. The minimum absolute atomic E-state index is 0.178. The number of aliphatic hydroxyl groups is 5. The van der Waals surface area contributed by atoms with Gasteiger partial charge in [0.1, 0.15) is 24.4 Å². The zero-order valence-electron chi connectivity index (χ0n) is 36.6. The lowest BCUT2D eigenvalue weighted by Crippen LogP contribution is -2.60. The highest BCUT2D eigenvalue weighted by Crippen LogP contribution is 2.23. The van der Waals surface area contributed by atoms with Crippen LogP contribution in [-0.4, -0.2) is 87.5 Å². The van der Waals surface area contributed by atoms with Crippen LogP contribution in [0, 0.1) is 0 Å². The molecule has 0 radical (unpaired) electrons. The predicted octanol–water partition coefficient (Wildman–Crippen LogP) is 10.1. The molecule has 0 spiro atoms. The zero-order chi connectivity index (χ0) is 41.6. The molecule has 9 heteroatoms. The molecule has 6 N–H and O–H groups in total. The van der Waals surface area contributed by atoms with Gasteiger partial charge in [-0.3, -0.25) is 4.79 Å². The summed E-state index contributed by atoms with van der Waals surface area (Å²) in [5.74, 6) is -0.178. The minimum atomic E-state index is -1.56. The van der Waals surface area contributed by atoms with Crippen LogP contribution in [0.2, 0.25) is 0 Å². The number of carbonyl (C=O) groups excluding carboxylic acids is 1. The first-order valence-corrected chi connectivity index (χ1v) is 23.7. The Labute approximate surface area is 349 Å². The molecule has 57 heavy (non-hydrogen) atoms. The monoisotopic (exact) mass is 808 g/mol. The largest absolute Gasteiger partial charge is 0.394 e. The van der Waals surface area contributed by atoms with Gasteiger partial charge in [-0.1, -0.05) is 192 Å². The molecule has 0 aromatic heterocycles. The number of carbonyl (C=O) groups is 1. The first kappa shape index (κ1) is 53.4. The molecule has 7 unspecified atom stereocenters. The molecular weight excluding hydrogens is 719 g/mol. The third-order valence-electron chi connectivity index (χ3n) is 11.2. The Bertz CT molecular complexity index is 987. The van der Waals surface area contributed by atoms with Crippen molar-refractivity contribution in [3.63, 3.8) is 0 Å². The van der Waals surface area contributed by atoms with E-state index in [1.54, 1.807) is 6.08 Å². The summed E-state index contributed by atoms with van der Waals surface area (Å²) in [5.41, 5.74) is 0. The Morgan fingerprint density at radius 2 is 1.09 bits per heavy atom. The third-order valence-corrected chi connectivity index (χ3v) is 11.2. The van der Waals surface area contributed by atoms with Crippen LogP contribution in [-0.2, 0) is 14.3 Å². The van der Waals surface area contributed by atoms with E-state index in [1.807, 2.05) is 6.08 Å². The van der Waals surface area contributed by atoms with E-state index in [4.69, 9.17) is 9.47 Å². The van der Waals surface area contributed by atoms with E-state index in [0.717, 1.165) is 51.4 Å². The SMILES string of the molecule is CC/C=C\C/C=C\CCCCCCCCCCCCCCCCC(=O)NC(COC1OC(CO)C(O)C(O)C1O)C(O)/C=C/CCCCCCCCCCCCC. The Kier molecular flexibility index (Phi) is 36.2. The summed E-state index contributed by atoms with van der Waals surface area (Å²) >= 11 is 0. The van der Waals surface area contributed by atoms with Gasteiger partial charge in [0.05, 0.1) is 25.4 Å². The van der Waals surface area contributed by atoms with E-state index in [2.05, 4.69) is 43.5 Å². The van der Waals surface area contributed by atoms with Crippen molar-refractivity contribution in [3.05, 3.63) is 36.5 Å². The topological polar surface area (TPSA) is 149 Å². The Balaban J connectivity index is 2.29. The molecule has 1 aliphatic rings. The number of hydrogen-bond donors (Lipinski definition) is 6. The fraction of sp³-hybridized carbons (Fsp3) is 0.854. The average Bonchev–Trinajstić information content (AvgIpc) is 3.21. The standard InChI is InChI=1S/C48H89NO8/c1-3-5-7-9-11-13-15-17-18-19-20-21-22-23-24-26-28-30-32-34-36-38-44(52)49-41(40-56-48-47(55)46(54)45(53)43(39-50)57-48)42(51)37-35-33-31-29-27-25-16-14-12-10-8-6-4-2/h5,7,11,13,35,37,41-43,45-48,50-51,53-55H,3-4,6,8-10,12,14-34,36,38-40H2,1-2H3,(H,49,52)/b7-5-,13-11-,37-35+. The van der Waals surface area contributed by atoms with Crippen molar-refractivity contribution in [1.29, 1.82) is 0 Å². The van der Waals surface area contributed by atoms with Crippen LogP contribution >= 0.6 is 0 Å². The minimum Gasteiger partial charge on any atom is -0.394 e. The number of ether oxygens (including phenoxy) is 2. The molecule has 0 bridgehead atoms. The predicted molar refractivity (Wildman–Crippen MR) is 235 cm³/mol. The maximum atomic E-state index is 13.0. The Hall–Kier alpha value is -1.59. The van der Waals surface area contributed by atoms with E-state index < -0.39 is 49.5 Å². The van der Waals surface area contributed by atoms with Gasteiger partial charge in [0.15, 0.2) is 6.29 Å². The molecule has 0 saturated carbocycles. The van der Waals surface area contributed by atoms with Gasteiger partial charge in [-0.05, 0) is 44.9 Å². The normalized spacial score (nSPS) is 21.3. The van der Waals surface area contributed by atoms with Crippen molar-refractivity contribution < 1.29 is 39.8 Å². The van der Waals surface area contributed by atoms with E-state index in [9.17, 15) is 30.3 Å². The summed E-state index contributed by atoms with van der Waals surface area (Å²) < 4.78 is 11.2. The van der Waals surface area contributed by atoms with E-state index >= 15 is 0 Å². The molecule has 0 aromatic rings. The molecule has 0 aromatic carbocycles. The maximum absolute atomic E-state index is 13.0. The second-order valence-corrected chi connectivity index (χ2v) is 16.5. The number of rotatable bonds is 39. The van der Waals surface area contributed by atoms with Crippen LogP contribution in [0.1, 0.15) is 206 Å². The molecule has 334 valence electrons. The van der Waals surface area contributed by atoms with Crippen molar-refractivity contribution in [1.82, 2.24) is 5.32 Å². The highest BCUT2D eigenvalue weighted by molar-refractivity contribution is 5.76. The molecule has 1 amide bonds. The summed E-state index contributed by atoms with van der Waals surface area (Å²) in [6.07, 6.45) is 40.5. The summed E-state index contributed by atoms with van der Waals surface area (Å²) in [4.78, 5) is 13.0. The van der Waals surface area contributed by atoms with Crippen LogP contribution < -0.4 is 5.32 Å². The molecule has 0 aliphatic carbocycles. The second kappa shape index (κ2) is 38.6. The summed E-state index contributed by atoms with van der Waals surface area (Å²) in [6.45, 7) is 3.67. The van der Waals surface area contributed by atoms with Gasteiger partial charge in [0.2, 0.25) is 5.91 Å². The van der Waals surface area contributed by atoms with Gasteiger partial charge >= 0.3 is 0 Å². The van der Waals surface area contributed by atoms with Gasteiger partial charge in [0, 0.05) is 6.42 Å². The summed E-state index contributed by atoms with van der Waals surface area (Å²) in [7, 11) is 0. The van der Waals surface area contributed by atoms with Gasteiger partial charge in [-0.25, -0.2) is 0 Å². The third kappa shape index (κ3) is 29.3. The number of aliphatic hydroxyl groups excluding tert-OH is 5. The van der Waals surface area contributed by atoms with Gasteiger partial charge in [-0.2, -0.15) is 0 Å². The second-order valence-electron chi connectivity index (χ2n) is 16.5. The number of unbranched alkanes of at least 4 members (excludes halogenated alkanes) is 25. The molecule has 1 heterocycles. The van der Waals surface area contributed by atoms with E-state index in [0.29, 0.717) is 6.42 Å². The van der Waals surface area contributed by atoms with Crippen LogP contribution in [0.25, 0.3) is 0 Å². The van der Waals surface area contributed by atoms with Crippen molar-refractivity contribution in [2.75, 3.05) is 13.2 Å². The summed E-state index contributed by atoms with van der Waals surface area (Å²) in [5, 5.41) is 54.2. The van der Waals surface area contributed by atoms with Gasteiger partial charge in [0.25, 0.3) is 0 Å². The number of nitrogens with one attached hydrogen (secondary N) is 1. The molecule has 1 fully saturated rings. The van der Waals surface area contributed by atoms with Crippen LogP contribution in [0.3, 0.4) is 0 Å². The van der Waals surface area contributed by atoms with E-state index in [-0.39, 0.29) is 12.5 Å². The van der Waals surface area contributed by atoms with Crippen molar-refractivity contribution >= 4 is 5.91 Å². The quantitative estimate of drug-likeness (QED) is 0.0266. The van der Waals surface area contributed by atoms with Crippen molar-refractivity contribution in [2.45, 2.75) is 249 Å². The highest BCUT2D eigenvalue weighted by atomic mass is 16.7. The zero-order valence-corrected chi connectivity index (χ0v) is 36.6. The van der Waals surface area contributed by atoms with Gasteiger partial charge < -0.3 is 40.3 Å². The highest BCUT2D eigenvalue weighted by Gasteiger charge is 2.44. The number of amides is 1. The lowest BCUT2D eigenvalue weighted by Gasteiger charge is -2.40. The van der Waals surface area contributed by atoms with Crippen molar-refractivity contribution in [2.24, 2.45) is 0 Å². The van der Waals surface area contributed by atoms with Crippen molar-refractivity contribution in [3.8, 4) is 0 Å². The Morgan fingerprint density at radius 1 is 0.614 bits per heavy atom. The first-order chi connectivity index (χ1) is 27.8. The van der Waals surface area contributed by atoms with Crippen LogP contribution in [0.15, 0.2) is 36.5 Å². The number of allylic oxidation sites excluding steroid dienone is 5. The molecule has 9 nitrogen and oxygen atoms in total. The fourth-order valence-corrected chi connectivity index (χ4v) is 7.43. The lowest BCUT2D eigenvalue weighted by molar-refractivity contribution is -0.302.